The van der Waals surface area contributed by atoms with Gasteiger partial charge in [0.1, 0.15) is 18.1 Å². The number of carbonyl (C=O) groups excluding carboxylic acids is 3. The standard InChI is InChI=1S/C30H36N6O6S/c1-43-11-10-24(30(41)42)34-29(40)26(16-37)36-28(39)25(13-18-15-33-23-9-5-3-7-20(18)23)35-27(38)21(31)12-17-14-32-22-8-4-2-6-19(17)22/h2-9,14-15,21,24-26,32-33,37H,10-13,16,31H2,1H3,(H,34,40)(H,35,38)(H,36,39)(H,41,42). The third-order valence-corrected chi connectivity index (χ3v) is 7.87. The Morgan fingerprint density at radius 1 is 0.791 bits per heavy atom. The molecular weight excluding hydrogens is 572 g/mol. The van der Waals surface area contributed by atoms with Crippen molar-refractivity contribution >= 4 is 57.3 Å². The van der Waals surface area contributed by atoms with E-state index in [9.17, 15) is 29.4 Å². The Balaban J connectivity index is 1.51. The zero-order valence-corrected chi connectivity index (χ0v) is 24.4. The fourth-order valence-electron chi connectivity index (χ4n) is 4.87. The summed E-state index contributed by atoms with van der Waals surface area (Å²) < 4.78 is 0. The summed E-state index contributed by atoms with van der Waals surface area (Å²) in [5.41, 5.74) is 9.63. The molecule has 2 heterocycles. The molecule has 2 aromatic heterocycles. The van der Waals surface area contributed by atoms with Crippen LogP contribution in [0.15, 0.2) is 60.9 Å². The number of hydrogen-bond acceptors (Lipinski definition) is 7. The maximum Gasteiger partial charge on any atom is 0.326 e. The van der Waals surface area contributed by atoms with Gasteiger partial charge in [-0.1, -0.05) is 36.4 Å². The molecule has 2 aromatic carbocycles. The number of para-hydroxylation sites is 2. The summed E-state index contributed by atoms with van der Waals surface area (Å²) in [7, 11) is 0. The number of nitrogens with one attached hydrogen (secondary N) is 5. The zero-order chi connectivity index (χ0) is 30.9. The number of aromatic nitrogens is 2. The second-order valence-corrected chi connectivity index (χ2v) is 11.2. The van der Waals surface area contributed by atoms with E-state index in [1.807, 2.05) is 54.8 Å². The predicted octanol–water partition coefficient (Wildman–Crippen LogP) is 1.05. The molecule has 4 rings (SSSR count). The fraction of sp³-hybridized carbons (Fsp3) is 0.333. The SMILES string of the molecule is CSCCC(NC(=O)C(CO)NC(=O)C(Cc1c[nH]c2ccccc12)NC(=O)C(N)Cc1c[nH]c2ccccc12)C(=O)O. The number of aliphatic hydroxyl groups excluding tert-OH is 1. The number of aliphatic carboxylic acids is 1. The molecule has 0 fully saturated rings. The Morgan fingerprint density at radius 2 is 1.30 bits per heavy atom. The Labute approximate surface area is 252 Å². The Hall–Kier alpha value is -4.33. The van der Waals surface area contributed by atoms with E-state index in [2.05, 4.69) is 25.9 Å². The van der Waals surface area contributed by atoms with Gasteiger partial charge in [-0.25, -0.2) is 4.79 Å². The molecule has 4 atom stereocenters. The topological polar surface area (TPSA) is 202 Å². The normalized spacial score (nSPS) is 14.1. The highest BCUT2D eigenvalue weighted by molar-refractivity contribution is 7.98. The lowest BCUT2D eigenvalue weighted by atomic mass is 10.0. The lowest BCUT2D eigenvalue weighted by Gasteiger charge is -2.24. The number of nitrogens with two attached hydrogens (primary N) is 1. The average molecular weight is 609 g/mol. The number of benzene rings is 2. The van der Waals surface area contributed by atoms with Crippen molar-refractivity contribution in [3.63, 3.8) is 0 Å². The molecule has 228 valence electrons. The lowest BCUT2D eigenvalue weighted by Crippen LogP contribution is -2.58. The minimum Gasteiger partial charge on any atom is -0.480 e. The van der Waals surface area contributed by atoms with Crippen LogP contribution in [0.1, 0.15) is 17.5 Å². The largest absolute Gasteiger partial charge is 0.480 e. The monoisotopic (exact) mass is 608 g/mol. The molecule has 12 nitrogen and oxygen atoms in total. The smallest absolute Gasteiger partial charge is 0.326 e. The van der Waals surface area contributed by atoms with E-state index in [4.69, 9.17) is 5.73 Å². The van der Waals surface area contributed by atoms with Crippen LogP contribution < -0.4 is 21.7 Å². The summed E-state index contributed by atoms with van der Waals surface area (Å²) in [5, 5.41) is 28.7. The number of amides is 3. The molecule has 0 spiro atoms. The van der Waals surface area contributed by atoms with Gasteiger partial charge in [0.25, 0.3) is 0 Å². The number of fused-ring (bicyclic) bond motifs is 2. The van der Waals surface area contributed by atoms with Crippen molar-refractivity contribution in [3.8, 4) is 0 Å². The molecule has 0 saturated heterocycles. The molecule has 0 radical (unpaired) electrons. The van der Waals surface area contributed by atoms with Gasteiger partial charge in [-0.2, -0.15) is 11.8 Å². The summed E-state index contributed by atoms with van der Waals surface area (Å²) in [6, 6.07) is 10.3. The minimum atomic E-state index is -1.44. The van der Waals surface area contributed by atoms with E-state index in [-0.39, 0.29) is 19.3 Å². The molecular formula is C30H36N6O6S. The number of aliphatic hydroxyl groups is 1. The van der Waals surface area contributed by atoms with Crippen molar-refractivity contribution in [2.75, 3.05) is 18.6 Å². The van der Waals surface area contributed by atoms with Crippen molar-refractivity contribution in [2.45, 2.75) is 43.4 Å². The molecule has 0 aliphatic rings. The number of thioether (sulfide) groups is 1. The van der Waals surface area contributed by atoms with Crippen LogP contribution in [0.4, 0.5) is 0 Å². The van der Waals surface area contributed by atoms with E-state index in [0.29, 0.717) is 5.75 Å². The van der Waals surface area contributed by atoms with E-state index in [1.54, 1.807) is 12.4 Å². The van der Waals surface area contributed by atoms with E-state index < -0.39 is 54.5 Å². The van der Waals surface area contributed by atoms with Crippen LogP contribution in [0.25, 0.3) is 21.8 Å². The summed E-state index contributed by atoms with van der Waals surface area (Å²) in [6.45, 7) is -0.778. The lowest BCUT2D eigenvalue weighted by molar-refractivity contribution is -0.142. The van der Waals surface area contributed by atoms with Crippen molar-refractivity contribution in [1.29, 1.82) is 0 Å². The first-order valence-corrected chi connectivity index (χ1v) is 15.2. The Morgan fingerprint density at radius 3 is 1.86 bits per heavy atom. The first kappa shape index (κ1) is 31.6. The van der Waals surface area contributed by atoms with Crippen LogP contribution in [0.5, 0.6) is 0 Å². The molecule has 9 N–H and O–H groups in total. The molecule has 3 amide bonds. The second kappa shape index (κ2) is 14.7. The van der Waals surface area contributed by atoms with Crippen LogP contribution in [0.3, 0.4) is 0 Å². The van der Waals surface area contributed by atoms with Crippen molar-refractivity contribution in [3.05, 3.63) is 72.1 Å². The van der Waals surface area contributed by atoms with Crippen LogP contribution in [0, 0.1) is 0 Å². The van der Waals surface area contributed by atoms with Crippen LogP contribution in [0.2, 0.25) is 0 Å². The average Bonchev–Trinajstić information content (AvgIpc) is 3.61. The summed E-state index contributed by atoms with van der Waals surface area (Å²) >= 11 is 1.43. The first-order chi connectivity index (χ1) is 20.7. The fourth-order valence-corrected chi connectivity index (χ4v) is 5.34. The van der Waals surface area contributed by atoms with Gasteiger partial charge in [0.05, 0.1) is 12.6 Å². The van der Waals surface area contributed by atoms with E-state index in [1.165, 1.54) is 11.8 Å². The quantitative estimate of drug-likeness (QED) is 0.0978. The van der Waals surface area contributed by atoms with Gasteiger partial charge in [-0.15, -0.1) is 0 Å². The van der Waals surface area contributed by atoms with Gasteiger partial charge in [0.2, 0.25) is 17.7 Å². The van der Waals surface area contributed by atoms with Crippen LogP contribution >= 0.6 is 11.8 Å². The molecule has 43 heavy (non-hydrogen) atoms. The maximum absolute atomic E-state index is 13.5. The zero-order valence-electron chi connectivity index (χ0n) is 23.6. The van der Waals surface area contributed by atoms with Gasteiger partial charge >= 0.3 is 5.97 Å². The number of carboxylic acids is 1. The third-order valence-electron chi connectivity index (χ3n) is 7.22. The molecule has 0 aliphatic heterocycles. The van der Waals surface area contributed by atoms with Gasteiger partial charge in [-0.3, -0.25) is 14.4 Å². The predicted molar refractivity (Wildman–Crippen MR) is 165 cm³/mol. The highest BCUT2D eigenvalue weighted by Crippen LogP contribution is 2.21. The Kier molecular flexibility index (Phi) is 10.8. The number of carbonyl (C=O) groups is 4. The molecule has 0 aliphatic carbocycles. The van der Waals surface area contributed by atoms with Crippen molar-refractivity contribution < 1.29 is 29.4 Å². The highest BCUT2D eigenvalue weighted by atomic mass is 32.2. The molecule has 4 unspecified atom stereocenters. The first-order valence-electron chi connectivity index (χ1n) is 13.8. The second-order valence-electron chi connectivity index (χ2n) is 10.2. The number of hydrogen-bond donors (Lipinski definition) is 8. The molecule has 0 bridgehead atoms. The van der Waals surface area contributed by atoms with Gasteiger partial charge in [-0.05, 0) is 48.1 Å². The number of aromatic amines is 2. The van der Waals surface area contributed by atoms with Gasteiger partial charge in [0.15, 0.2) is 0 Å². The van der Waals surface area contributed by atoms with Crippen molar-refractivity contribution in [2.24, 2.45) is 5.73 Å². The summed E-state index contributed by atoms with van der Waals surface area (Å²) in [5.74, 6) is -2.89. The summed E-state index contributed by atoms with van der Waals surface area (Å²) in [6.07, 6.45) is 5.79. The Bertz CT molecular complexity index is 1590. The van der Waals surface area contributed by atoms with Crippen LogP contribution in [-0.4, -0.2) is 86.7 Å². The summed E-state index contributed by atoms with van der Waals surface area (Å²) in [4.78, 5) is 57.6. The number of carboxylic acid groups (broad SMARTS) is 1. The van der Waals surface area contributed by atoms with E-state index >= 15 is 0 Å². The van der Waals surface area contributed by atoms with Crippen LogP contribution in [-0.2, 0) is 32.0 Å². The molecule has 4 aromatic rings. The van der Waals surface area contributed by atoms with E-state index in [0.717, 1.165) is 32.9 Å². The van der Waals surface area contributed by atoms with Crippen molar-refractivity contribution in [1.82, 2.24) is 25.9 Å². The minimum absolute atomic E-state index is 0.0621. The molecule has 13 heteroatoms. The third kappa shape index (κ3) is 7.95. The van der Waals surface area contributed by atoms with Gasteiger partial charge in [0, 0.05) is 40.6 Å². The maximum atomic E-state index is 13.5. The number of rotatable bonds is 15. The highest BCUT2D eigenvalue weighted by Gasteiger charge is 2.31. The molecule has 0 saturated carbocycles. The van der Waals surface area contributed by atoms with Gasteiger partial charge < -0.3 is 41.9 Å². The number of H-pyrrole nitrogens is 2.